The van der Waals surface area contributed by atoms with Crippen molar-refractivity contribution in [1.29, 1.82) is 0 Å². The Morgan fingerprint density at radius 3 is 2.24 bits per heavy atom. The number of phenolic OH excluding ortho intramolecular Hbond substituents is 1. The molecule has 4 rings (SSSR count). The van der Waals surface area contributed by atoms with E-state index in [0.29, 0.717) is 11.1 Å². The third kappa shape index (κ3) is 5.69. The topological polar surface area (TPSA) is 126 Å². The molecular formula is C27H20F2N2O6. The maximum atomic E-state index is 13.7. The number of fused-ring (bicyclic) bond motifs is 1. The number of benzene rings is 3. The fourth-order valence-electron chi connectivity index (χ4n) is 3.85. The number of ether oxygens (including phenoxy) is 1. The van der Waals surface area contributed by atoms with E-state index >= 15 is 0 Å². The van der Waals surface area contributed by atoms with Crippen LogP contribution in [-0.2, 0) is 16.0 Å². The second kappa shape index (κ2) is 10.4. The highest BCUT2D eigenvalue weighted by Gasteiger charge is 2.25. The minimum atomic E-state index is -1.35. The number of carboxylic acids is 1. The van der Waals surface area contributed by atoms with Crippen LogP contribution in [0.25, 0.3) is 22.0 Å². The Bertz CT molecular complexity index is 1500. The average Bonchev–Trinajstić information content (AvgIpc) is 2.87. The molecule has 0 fully saturated rings. The first-order chi connectivity index (χ1) is 17.6. The van der Waals surface area contributed by atoms with Gasteiger partial charge in [0.2, 0.25) is 0 Å². The predicted molar refractivity (Wildman–Crippen MR) is 129 cm³/mol. The van der Waals surface area contributed by atoms with Crippen LogP contribution in [0.15, 0.2) is 66.7 Å². The van der Waals surface area contributed by atoms with Crippen molar-refractivity contribution >= 4 is 28.7 Å². The predicted octanol–water partition coefficient (Wildman–Crippen LogP) is 4.10. The number of carbonyl (C=O) groups excluding carboxylic acids is 2. The summed E-state index contributed by atoms with van der Waals surface area (Å²) in [6, 6.07) is 13.3. The van der Waals surface area contributed by atoms with Crippen molar-refractivity contribution in [2.45, 2.75) is 12.5 Å². The zero-order valence-electron chi connectivity index (χ0n) is 19.4. The summed E-state index contributed by atoms with van der Waals surface area (Å²) in [4.78, 5) is 41.6. The summed E-state index contributed by atoms with van der Waals surface area (Å²) in [6.45, 7) is 0. The van der Waals surface area contributed by atoms with E-state index in [2.05, 4.69) is 10.3 Å². The van der Waals surface area contributed by atoms with Crippen LogP contribution in [0.5, 0.6) is 5.75 Å². The first kappa shape index (κ1) is 25.2. The fraction of sp³-hybridized carbons (Fsp3) is 0.111. The number of aromatic hydroxyl groups is 1. The van der Waals surface area contributed by atoms with Gasteiger partial charge >= 0.3 is 11.9 Å². The number of rotatable bonds is 7. The number of methoxy groups -OCH3 is 1. The van der Waals surface area contributed by atoms with Gasteiger partial charge in [-0.05, 0) is 59.2 Å². The molecule has 0 unspecified atom stereocenters. The zero-order chi connectivity index (χ0) is 26.7. The van der Waals surface area contributed by atoms with Gasteiger partial charge in [-0.25, -0.2) is 23.4 Å². The molecule has 0 saturated carbocycles. The van der Waals surface area contributed by atoms with E-state index in [-0.39, 0.29) is 39.9 Å². The highest BCUT2D eigenvalue weighted by atomic mass is 19.1. The highest BCUT2D eigenvalue weighted by molar-refractivity contribution is 6.07. The van der Waals surface area contributed by atoms with E-state index in [1.165, 1.54) is 30.3 Å². The summed E-state index contributed by atoms with van der Waals surface area (Å²) >= 11 is 0. The van der Waals surface area contributed by atoms with Gasteiger partial charge in [-0.2, -0.15) is 0 Å². The quantitative estimate of drug-likeness (QED) is 0.322. The summed E-state index contributed by atoms with van der Waals surface area (Å²) in [7, 11) is 1.16. The number of carboxylic acid groups (broad SMARTS) is 1. The summed E-state index contributed by atoms with van der Waals surface area (Å²) < 4.78 is 32.1. The van der Waals surface area contributed by atoms with Crippen LogP contribution in [0.4, 0.5) is 8.78 Å². The number of esters is 1. The second-order valence-electron chi connectivity index (χ2n) is 8.17. The molecule has 1 heterocycles. The zero-order valence-corrected chi connectivity index (χ0v) is 19.4. The number of halogens is 2. The Hall–Kier alpha value is -4.86. The molecule has 8 nitrogen and oxygen atoms in total. The van der Waals surface area contributed by atoms with E-state index in [1.807, 2.05) is 0 Å². The Balaban J connectivity index is 1.68. The van der Waals surface area contributed by atoms with E-state index in [0.717, 1.165) is 31.4 Å². The number of nitrogens with zero attached hydrogens (tertiary/aromatic N) is 1. The van der Waals surface area contributed by atoms with Gasteiger partial charge in [-0.15, -0.1) is 0 Å². The van der Waals surface area contributed by atoms with Crippen molar-refractivity contribution in [2.24, 2.45) is 0 Å². The summed E-state index contributed by atoms with van der Waals surface area (Å²) in [6.07, 6.45) is 0.0472. The lowest BCUT2D eigenvalue weighted by Gasteiger charge is -2.17. The molecule has 1 amide bonds. The number of pyridine rings is 1. The van der Waals surface area contributed by atoms with E-state index in [9.17, 15) is 33.4 Å². The normalized spacial score (nSPS) is 11.6. The van der Waals surface area contributed by atoms with Crippen LogP contribution < -0.4 is 5.32 Å². The van der Waals surface area contributed by atoms with Gasteiger partial charge in [0.1, 0.15) is 29.1 Å². The van der Waals surface area contributed by atoms with E-state index in [4.69, 9.17) is 4.74 Å². The molecule has 0 bridgehead atoms. The number of phenols is 1. The molecule has 10 heteroatoms. The minimum Gasteiger partial charge on any atom is -0.508 e. The fourth-order valence-corrected chi connectivity index (χ4v) is 3.85. The van der Waals surface area contributed by atoms with Gasteiger partial charge in [0.05, 0.1) is 18.2 Å². The molecule has 4 aromatic rings. The summed E-state index contributed by atoms with van der Waals surface area (Å²) in [5, 5.41) is 21.9. The molecule has 37 heavy (non-hydrogen) atoms. The first-order valence-corrected chi connectivity index (χ1v) is 11.0. The van der Waals surface area contributed by atoms with Gasteiger partial charge in [-0.3, -0.25) is 4.79 Å². The standard InChI is InChI=1S/C27H20F2N2O6/c1-37-27(36)24(8-14-2-5-19(32)6-3-14)31-25(33)23-13-21(26(34)35)20-11-15(4-7-22(20)30-23)16-9-17(28)12-18(29)10-16/h2-7,9-13,24,32H,8H2,1H3,(H,31,33)(H,34,35)/t24-/m0/s1. The van der Waals surface area contributed by atoms with Crippen LogP contribution in [0.2, 0.25) is 0 Å². The number of hydrogen-bond donors (Lipinski definition) is 3. The van der Waals surface area contributed by atoms with Gasteiger partial charge in [-0.1, -0.05) is 18.2 Å². The van der Waals surface area contributed by atoms with Crippen LogP contribution in [0.1, 0.15) is 26.4 Å². The molecule has 0 spiro atoms. The number of aromatic nitrogens is 1. The maximum Gasteiger partial charge on any atom is 0.336 e. The third-order valence-corrected chi connectivity index (χ3v) is 5.63. The van der Waals surface area contributed by atoms with Crippen molar-refractivity contribution in [3.63, 3.8) is 0 Å². The highest BCUT2D eigenvalue weighted by Crippen LogP contribution is 2.28. The molecule has 0 radical (unpaired) electrons. The Labute approximate surface area is 209 Å². The SMILES string of the molecule is COC(=O)[C@H](Cc1ccc(O)cc1)NC(=O)c1cc(C(=O)O)c2cc(-c3cc(F)cc(F)c3)ccc2n1. The molecule has 0 aliphatic rings. The number of hydrogen-bond acceptors (Lipinski definition) is 6. The van der Waals surface area contributed by atoms with Crippen LogP contribution in [0, 0.1) is 11.6 Å². The van der Waals surface area contributed by atoms with E-state index in [1.54, 1.807) is 12.1 Å². The number of aromatic carboxylic acids is 1. The molecule has 3 aromatic carbocycles. The Morgan fingerprint density at radius 1 is 0.946 bits per heavy atom. The first-order valence-electron chi connectivity index (χ1n) is 11.0. The van der Waals surface area contributed by atoms with Crippen molar-refractivity contribution < 1.29 is 38.1 Å². The smallest absolute Gasteiger partial charge is 0.336 e. The monoisotopic (exact) mass is 506 g/mol. The summed E-state index contributed by atoms with van der Waals surface area (Å²) in [5.74, 6) is -4.42. The van der Waals surface area contributed by atoms with Crippen LogP contribution in [-0.4, -0.2) is 46.2 Å². The number of nitrogens with one attached hydrogen (secondary N) is 1. The lowest BCUT2D eigenvalue weighted by molar-refractivity contribution is -0.142. The lowest BCUT2D eigenvalue weighted by Crippen LogP contribution is -2.43. The van der Waals surface area contributed by atoms with Gasteiger partial charge in [0.15, 0.2) is 0 Å². The van der Waals surface area contributed by atoms with Crippen LogP contribution in [0.3, 0.4) is 0 Å². The van der Waals surface area contributed by atoms with Gasteiger partial charge in [0.25, 0.3) is 5.91 Å². The Morgan fingerprint density at radius 2 is 1.62 bits per heavy atom. The second-order valence-corrected chi connectivity index (χ2v) is 8.17. The third-order valence-electron chi connectivity index (χ3n) is 5.63. The molecular weight excluding hydrogens is 486 g/mol. The van der Waals surface area contributed by atoms with Crippen molar-refractivity contribution in [1.82, 2.24) is 10.3 Å². The maximum absolute atomic E-state index is 13.7. The molecule has 0 saturated heterocycles. The molecule has 1 aromatic heterocycles. The Kier molecular flexibility index (Phi) is 7.10. The van der Waals surface area contributed by atoms with Gasteiger partial charge < -0.3 is 20.3 Å². The molecule has 0 aliphatic carbocycles. The molecule has 0 aliphatic heterocycles. The van der Waals surface area contributed by atoms with Crippen molar-refractivity contribution in [3.05, 3.63) is 95.2 Å². The van der Waals surface area contributed by atoms with Crippen molar-refractivity contribution in [2.75, 3.05) is 7.11 Å². The average molecular weight is 506 g/mol. The molecule has 3 N–H and O–H groups in total. The van der Waals surface area contributed by atoms with Crippen LogP contribution >= 0.6 is 0 Å². The van der Waals surface area contributed by atoms with Crippen molar-refractivity contribution in [3.8, 4) is 16.9 Å². The lowest BCUT2D eigenvalue weighted by atomic mass is 9.99. The van der Waals surface area contributed by atoms with Gasteiger partial charge in [0, 0.05) is 17.9 Å². The largest absolute Gasteiger partial charge is 0.508 e. The number of carbonyl (C=O) groups is 3. The molecule has 1 atom stereocenters. The minimum absolute atomic E-state index is 0.0367. The molecule has 188 valence electrons. The number of amides is 1. The van der Waals surface area contributed by atoms with E-state index < -0.39 is 35.5 Å². The summed E-state index contributed by atoms with van der Waals surface area (Å²) in [5.41, 5.74) is 0.821.